The van der Waals surface area contributed by atoms with Gasteiger partial charge in [-0.1, -0.05) is 45.7 Å². The third-order valence-electron chi connectivity index (χ3n) is 5.41. The first-order valence-corrected chi connectivity index (χ1v) is 12.7. The quantitative estimate of drug-likeness (QED) is 0.172. The molecule has 3 amide bonds. The number of primary amides is 1. The first kappa shape index (κ1) is 30.7. The topological polar surface area (TPSA) is 101 Å². The Morgan fingerprint density at radius 1 is 0.974 bits per heavy atom. The van der Waals surface area contributed by atoms with Gasteiger partial charge in [0.25, 0.3) is 11.8 Å². The van der Waals surface area contributed by atoms with Crippen molar-refractivity contribution in [2.24, 2.45) is 5.73 Å². The monoisotopic (exact) mass is 667 g/mol. The van der Waals surface area contributed by atoms with Gasteiger partial charge in [0.1, 0.15) is 15.8 Å². The maximum absolute atomic E-state index is 14.8. The minimum Gasteiger partial charge on any atom is -0.369 e. The molecule has 0 radical (unpaired) electrons. The van der Waals surface area contributed by atoms with Crippen molar-refractivity contribution in [2.75, 3.05) is 10.6 Å². The van der Waals surface area contributed by atoms with Crippen LogP contribution in [0.5, 0.6) is 0 Å². The van der Waals surface area contributed by atoms with E-state index in [-0.39, 0.29) is 22.6 Å². The second kappa shape index (κ2) is 12.5. The summed E-state index contributed by atoms with van der Waals surface area (Å²) < 4.78 is 52.9. The molecule has 14 heteroatoms. The number of rotatable bonds is 9. The van der Waals surface area contributed by atoms with Gasteiger partial charge in [0, 0.05) is 10.9 Å². The second-order valence-electron chi connectivity index (χ2n) is 8.17. The number of nitrogens with one attached hydrogen (secondary N) is 2. The summed E-state index contributed by atoms with van der Waals surface area (Å²) >= 11 is 22.6. The van der Waals surface area contributed by atoms with E-state index in [1.165, 1.54) is 23.5 Å². The number of benzene rings is 3. The summed E-state index contributed by atoms with van der Waals surface area (Å²) in [4.78, 5) is 36.6. The molecular weight excluding hydrogens is 653 g/mol. The molecule has 1 unspecified atom stereocenters. The maximum atomic E-state index is 14.8. The molecule has 0 spiro atoms. The number of hydrogen-bond donors (Lipinski definition) is 3. The molecule has 0 saturated carbocycles. The Labute approximate surface area is 242 Å². The average Bonchev–Trinajstić information content (AvgIpc) is 2.85. The molecule has 0 aliphatic carbocycles. The highest BCUT2D eigenvalue weighted by atomic mass is 79.9. The molecule has 0 aromatic heterocycles. The molecule has 206 valence electrons. The van der Waals surface area contributed by atoms with Crippen LogP contribution in [-0.2, 0) is 16.0 Å². The summed E-state index contributed by atoms with van der Waals surface area (Å²) in [7, 11) is 0. The van der Waals surface area contributed by atoms with Crippen molar-refractivity contribution in [3.05, 3.63) is 92.4 Å². The molecule has 1 atom stereocenters. The zero-order chi connectivity index (χ0) is 29.1. The van der Waals surface area contributed by atoms with E-state index in [0.29, 0.717) is 11.6 Å². The third kappa shape index (κ3) is 7.42. The molecule has 0 saturated heterocycles. The van der Waals surface area contributed by atoms with Gasteiger partial charge >= 0.3 is 6.43 Å². The number of carbonyl (C=O) groups excluding carboxylic acids is 3. The smallest absolute Gasteiger partial charge is 0.315 e. The highest BCUT2D eigenvalue weighted by Gasteiger charge is 2.40. The first-order valence-electron chi connectivity index (χ1n) is 10.8. The first-order chi connectivity index (χ1) is 18.2. The fourth-order valence-corrected chi connectivity index (χ4v) is 4.86. The highest BCUT2D eigenvalue weighted by Crippen LogP contribution is 2.42. The predicted octanol–water partition coefficient (Wildman–Crippen LogP) is 6.82. The summed E-state index contributed by atoms with van der Waals surface area (Å²) in [6.07, 6.45) is -3.55. The number of hydrogen-bond acceptors (Lipinski definition) is 3. The van der Waals surface area contributed by atoms with E-state index in [9.17, 15) is 31.9 Å². The molecule has 3 aromatic rings. The molecule has 0 aliphatic rings. The number of alkyl halides is 4. The summed E-state index contributed by atoms with van der Waals surface area (Å²) in [5, 5.41) is 3.42. The summed E-state index contributed by atoms with van der Waals surface area (Å²) in [6.45, 7) is 0. The molecule has 3 rings (SSSR count). The summed E-state index contributed by atoms with van der Waals surface area (Å²) in [5.41, 5.74) is 4.30. The zero-order valence-corrected chi connectivity index (χ0v) is 23.2. The molecule has 3 aromatic carbocycles. The van der Waals surface area contributed by atoms with Crippen molar-refractivity contribution in [1.29, 1.82) is 0 Å². The van der Waals surface area contributed by atoms with E-state index < -0.39 is 57.4 Å². The van der Waals surface area contributed by atoms with E-state index in [1.54, 1.807) is 24.3 Å². The Morgan fingerprint density at radius 2 is 1.62 bits per heavy atom. The standard InChI is InChI=1S/C25H17BrCl3F4N3O3/c26-13-4-1-11(2-5-13)10-25(28,29)18(22(34)37)12-3-6-15(27)14(9-12)23(38)35-17-8-7-16(30)20(19(17)31)36-24(39)21(32)33/h1-9,18,21H,10H2,(H2,34,37)(H,35,38)(H,36,39). The van der Waals surface area contributed by atoms with Crippen molar-refractivity contribution >= 4 is 79.8 Å². The maximum Gasteiger partial charge on any atom is 0.315 e. The van der Waals surface area contributed by atoms with Crippen LogP contribution in [0.2, 0.25) is 5.02 Å². The van der Waals surface area contributed by atoms with Gasteiger partial charge in [-0.25, -0.2) is 8.78 Å². The number of nitrogens with two attached hydrogens (primary N) is 1. The lowest BCUT2D eigenvalue weighted by atomic mass is 9.89. The van der Waals surface area contributed by atoms with Crippen LogP contribution in [0, 0.1) is 11.6 Å². The molecule has 0 fully saturated rings. The normalized spacial score (nSPS) is 12.2. The molecular formula is C25H17BrCl3F4N3O3. The number of amides is 3. The number of carbonyl (C=O) groups is 3. The molecule has 39 heavy (non-hydrogen) atoms. The lowest BCUT2D eigenvalue weighted by Gasteiger charge is -2.28. The molecule has 0 bridgehead atoms. The van der Waals surface area contributed by atoms with E-state index in [2.05, 4.69) is 21.2 Å². The second-order valence-corrected chi connectivity index (χ2v) is 11.0. The lowest BCUT2D eigenvalue weighted by Crippen LogP contribution is -2.37. The van der Waals surface area contributed by atoms with Crippen molar-refractivity contribution in [1.82, 2.24) is 0 Å². The van der Waals surface area contributed by atoms with E-state index >= 15 is 0 Å². The van der Waals surface area contributed by atoms with Gasteiger partial charge in [-0.2, -0.15) is 8.78 Å². The molecule has 6 nitrogen and oxygen atoms in total. The van der Waals surface area contributed by atoms with Gasteiger partial charge in [0.15, 0.2) is 5.82 Å². The minimum atomic E-state index is -3.54. The van der Waals surface area contributed by atoms with Gasteiger partial charge in [-0.15, -0.1) is 23.2 Å². The van der Waals surface area contributed by atoms with Crippen molar-refractivity contribution in [3.63, 3.8) is 0 Å². The van der Waals surface area contributed by atoms with E-state index in [1.807, 2.05) is 0 Å². The van der Waals surface area contributed by atoms with Crippen LogP contribution in [0.1, 0.15) is 27.4 Å². The van der Waals surface area contributed by atoms with Crippen LogP contribution in [0.3, 0.4) is 0 Å². The van der Waals surface area contributed by atoms with Gasteiger partial charge in [0.05, 0.1) is 22.2 Å². The van der Waals surface area contributed by atoms with E-state index in [0.717, 1.165) is 10.5 Å². The van der Waals surface area contributed by atoms with Crippen molar-refractivity contribution in [3.8, 4) is 0 Å². The number of anilines is 2. The Hall–Kier alpha value is -2.86. The Balaban J connectivity index is 1.93. The van der Waals surface area contributed by atoms with Crippen LogP contribution in [-0.4, -0.2) is 28.5 Å². The Bertz CT molecular complexity index is 1430. The van der Waals surface area contributed by atoms with Gasteiger partial charge in [-0.05, 0) is 47.5 Å². The van der Waals surface area contributed by atoms with Gasteiger partial charge < -0.3 is 16.4 Å². The minimum absolute atomic E-state index is 0.00490. The van der Waals surface area contributed by atoms with Crippen molar-refractivity contribution < 1.29 is 31.9 Å². The average molecular weight is 670 g/mol. The molecule has 0 heterocycles. The van der Waals surface area contributed by atoms with Gasteiger partial charge in [-0.3, -0.25) is 14.4 Å². The fourth-order valence-electron chi connectivity index (χ4n) is 3.62. The van der Waals surface area contributed by atoms with Crippen LogP contribution < -0.4 is 16.4 Å². The SMILES string of the molecule is NC(=O)C(c1ccc(Cl)c(C(=O)Nc2ccc(F)c(NC(=O)C(F)F)c2F)c1)C(Cl)(Cl)Cc1ccc(Br)cc1. The Morgan fingerprint density at radius 3 is 2.21 bits per heavy atom. The third-order valence-corrected chi connectivity index (χ3v) is 6.98. The van der Waals surface area contributed by atoms with Crippen LogP contribution >= 0.6 is 50.7 Å². The number of halogens is 8. The summed E-state index contributed by atoms with van der Waals surface area (Å²) in [6, 6.07) is 12.3. The Kier molecular flexibility index (Phi) is 9.87. The molecule has 0 aliphatic heterocycles. The predicted molar refractivity (Wildman–Crippen MR) is 145 cm³/mol. The van der Waals surface area contributed by atoms with Crippen molar-refractivity contribution in [2.45, 2.75) is 23.1 Å². The largest absolute Gasteiger partial charge is 0.369 e. The van der Waals surface area contributed by atoms with Crippen LogP contribution in [0.15, 0.2) is 59.1 Å². The summed E-state index contributed by atoms with van der Waals surface area (Å²) in [5.74, 6) is -8.07. The van der Waals surface area contributed by atoms with Gasteiger partial charge in [0.2, 0.25) is 5.91 Å². The van der Waals surface area contributed by atoms with E-state index in [4.69, 9.17) is 40.5 Å². The fraction of sp³-hybridized carbons (Fsp3) is 0.160. The van der Waals surface area contributed by atoms with Crippen LogP contribution in [0.25, 0.3) is 0 Å². The zero-order valence-electron chi connectivity index (χ0n) is 19.4. The highest BCUT2D eigenvalue weighted by molar-refractivity contribution is 9.10. The lowest BCUT2D eigenvalue weighted by molar-refractivity contribution is -0.126. The van der Waals surface area contributed by atoms with Crippen LogP contribution in [0.4, 0.5) is 28.9 Å². The molecule has 4 N–H and O–H groups in total.